The van der Waals surface area contributed by atoms with Crippen LogP contribution >= 0.6 is 0 Å². The summed E-state index contributed by atoms with van der Waals surface area (Å²) in [7, 11) is 0. The molecule has 1 unspecified atom stereocenters. The monoisotopic (exact) mass is 425 g/mol. The van der Waals surface area contributed by atoms with E-state index in [2.05, 4.69) is 16.0 Å². The lowest BCUT2D eigenvalue weighted by atomic mass is 9.98. The summed E-state index contributed by atoms with van der Waals surface area (Å²) in [5, 5.41) is 10.7. The molecular weight excluding hydrogens is 394 g/mol. The second-order valence-corrected chi connectivity index (χ2v) is 9.65. The van der Waals surface area contributed by atoms with Crippen molar-refractivity contribution in [2.45, 2.75) is 71.1 Å². The lowest BCUT2D eigenvalue weighted by molar-refractivity contribution is -0.127. The number of hydrogen-bond acceptors (Lipinski definition) is 4. The number of aryl methyl sites for hydroxylation is 1. The molecule has 0 saturated heterocycles. The summed E-state index contributed by atoms with van der Waals surface area (Å²) in [5.41, 5.74) is 0.412. The Morgan fingerprint density at radius 1 is 1.10 bits per heavy atom. The highest BCUT2D eigenvalue weighted by Gasteiger charge is 2.30. The molecule has 0 radical (unpaired) electrons. The third kappa shape index (κ3) is 5.96. The summed E-state index contributed by atoms with van der Waals surface area (Å²) in [6.45, 7) is 8.81. The van der Waals surface area contributed by atoms with Crippen LogP contribution in [0.15, 0.2) is 36.4 Å². The number of amides is 3. The molecule has 0 spiro atoms. The van der Waals surface area contributed by atoms with Crippen LogP contribution < -0.4 is 16.0 Å². The first-order valence-electron chi connectivity index (χ1n) is 10.6. The molecule has 2 aromatic carbocycles. The topological polar surface area (TPSA) is 96.5 Å². The van der Waals surface area contributed by atoms with Crippen LogP contribution in [-0.2, 0) is 20.7 Å². The van der Waals surface area contributed by atoms with Gasteiger partial charge in [-0.05, 0) is 69.9 Å². The van der Waals surface area contributed by atoms with Crippen LogP contribution in [0.2, 0.25) is 0 Å². The molecule has 3 rings (SSSR count). The second kappa shape index (κ2) is 8.57. The fourth-order valence-electron chi connectivity index (χ4n) is 3.77. The van der Waals surface area contributed by atoms with Crippen LogP contribution in [0.5, 0.6) is 0 Å². The molecule has 1 aliphatic heterocycles. The number of ether oxygens (including phenoxy) is 1. The standard InChI is InChI=1S/C24H31N3O4/c1-23(2,3)31-22(30)27-24(4,5)14-20(28)25-19-13-11-17-16-9-7-6-8-15(16)10-12-18(17)26-21(19)29/h6-10,12,19H,11,13-14H2,1-5H3,(H,25,28)(H,26,29)(H,27,30). The molecule has 3 N–H and O–H groups in total. The van der Waals surface area contributed by atoms with E-state index in [0.717, 1.165) is 22.0 Å². The van der Waals surface area contributed by atoms with E-state index in [0.29, 0.717) is 12.8 Å². The minimum atomic E-state index is -0.827. The van der Waals surface area contributed by atoms with Gasteiger partial charge in [-0.3, -0.25) is 9.59 Å². The first kappa shape index (κ1) is 22.6. The van der Waals surface area contributed by atoms with Crippen LogP contribution in [0.25, 0.3) is 10.8 Å². The Morgan fingerprint density at radius 2 is 1.81 bits per heavy atom. The van der Waals surface area contributed by atoms with Crippen LogP contribution in [0, 0.1) is 0 Å². The lowest BCUT2D eigenvalue weighted by Gasteiger charge is -2.28. The lowest BCUT2D eigenvalue weighted by Crippen LogP contribution is -2.51. The minimum absolute atomic E-state index is 0.0197. The van der Waals surface area contributed by atoms with Gasteiger partial charge in [0.1, 0.15) is 11.6 Å². The van der Waals surface area contributed by atoms with Crippen molar-refractivity contribution in [2.75, 3.05) is 5.32 Å². The van der Waals surface area contributed by atoms with Gasteiger partial charge in [-0.2, -0.15) is 0 Å². The van der Waals surface area contributed by atoms with Crippen LogP contribution in [-0.4, -0.2) is 35.1 Å². The average Bonchev–Trinajstić information content (AvgIpc) is 2.78. The number of carbonyl (C=O) groups excluding carboxylic acids is 3. The van der Waals surface area contributed by atoms with Crippen LogP contribution in [0.4, 0.5) is 10.5 Å². The van der Waals surface area contributed by atoms with Crippen molar-refractivity contribution < 1.29 is 19.1 Å². The van der Waals surface area contributed by atoms with E-state index in [-0.39, 0.29) is 18.2 Å². The average molecular weight is 426 g/mol. The van der Waals surface area contributed by atoms with Crippen molar-refractivity contribution in [1.82, 2.24) is 10.6 Å². The summed E-state index contributed by atoms with van der Waals surface area (Å²) in [5.74, 6) is -0.544. The molecule has 7 heteroatoms. The summed E-state index contributed by atoms with van der Waals surface area (Å²) < 4.78 is 5.26. The molecule has 3 amide bonds. The quantitative estimate of drug-likeness (QED) is 0.692. The third-order valence-corrected chi connectivity index (χ3v) is 5.08. The van der Waals surface area contributed by atoms with Crippen LogP contribution in [0.3, 0.4) is 0 Å². The Kier molecular flexibility index (Phi) is 6.25. The van der Waals surface area contributed by atoms with E-state index in [9.17, 15) is 14.4 Å². The van der Waals surface area contributed by atoms with Crippen molar-refractivity contribution in [1.29, 1.82) is 0 Å². The maximum atomic E-state index is 12.7. The van der Waals surface area contributed by atoms with Crippen molar-refractivity contribution in [3.63, 3.8) is 0 Å². The molecule has 1 heterocycles. The van der Waals surface area contributed by atoms with Gasteiger partial charge in [0, 0.05) is 17.6 Å². The molecule has 166 valence electrons. The highest BCUT2D eigenvalue weighted by atomic mass is 16.6. The predicted molar refractivity (Wildman–Crippen MR) is 121 cm³/mol. The van der Waals surface area contributed by atoms with E-state index in [4.69, 9.17) is 4.74 Å². The fourth-order valence-corrected chi connectivity index (χ4v) is 3.77. The normalized spacial score (nSPS) is 16.7. The van der Waals surface area contributed by atoms with E-state index in [1.807, 2.05) is 36.4 Å². The van der Waals surface area contributed by atoms with Gasteiger partial charge in [0.2, 0.25) is 11.8 Å². The number of benzene rings is 2. The highest BCUT2D eigenvalue weighted by molar-refractivity contribution is 6.01. The molecule has 7 nitrogen and oxygen atoms in total. The first-order chi connectivity index (χ1) is 14.4. The number of fused-ring (bicyclic) bond motifs is 3. The zero-order chi connectivity index (χ0) is 22.8. The smallest absolute Gasteiger partial charge is 0.408 e. The predicted octanol–water partition coefficient (Wildman–Crippen LogP) is 3.90. The van der Waals surface area contributed by atoms with Crippen LogP contribution in [0.1, 0.15) is 53.0 Å². The Labute approximate surface area is 182 Å². The number of anilines is 1. The Morgan fingerprint density at radius 3 is 2.52 bits per heavy atom. The van der Waals surface area contributed by atoms with E-state index in [1.54, 1.807) is 34.6 Å². The van der Waals surface area contributed by atoms with Crippen molar-refractivity contribution in [3.05, 3.63) is 42.0 Å². The summed E-state index contributed by atoms with van der Waals surface area (Å²) in [6.07, 6.45) is 0.601. The molecule has 31 heavy (non-hydrogen) atoms. The first-order valence-corrected chi connectivity index (χ1v) is 10.6. The van der Waals surface area contributed by atoms with Gasteiger partial charge in [0.05, 0.1) is 0 Å². The van der Waals surface area contributed by atoms with E-state index >= 15 is 0 Å². The van der Waals surface area contributed by atoms with E-state index in [1.165, 1.54) is 0 Å². The number of alkyl carbamates (subject to hydrolysis) is 1. The molecule has 1 aliphatic rings. The van der Waals surface area contributed by atoms with E-state index < -0.39 is 23.3 Å². The van der Waals surface area contributed by atoms with Crippen molar-refractivity contribution >= 4 is 34.4 Å². The maximum absolute atomic E-state index is 12.7. The van der Waals surface area contributed by atoms with Gasteiger partial charge < -0.3 is 20.7 Å². The van der Waals surface area contributed by atoms with Gasteiger partial charge in [-0.1, -0.05) is 30.3 Å². The number of rotatable bonds is 4. The molecule has 0 aromatic heterocycles. The summed E-state index contributed by atoms with van der Waals surface area (Å²) in [6, 6.07) is 11.3. The molecule has 0 saturated carbocycles. The SMILES string of the molecule is CC(C)(CC(=O)NC1CCc2c(ccc3ccccc23)NC1=O)NC(=O)OC(C)(C)C. The molecule has 1 atom stereocenters. The molecule has 0 fully saturated rings. The van der Waals surface area contributed by atoms with Gasteiger partial charge in [-0.25, -0.2) is 4.79 Å². The molecular formula is C24H31N3O4. The number of nitrogens with one attached hydrogen (secondary N) is 3. The Balaban J connectivity index is 1.63. The maximum Gasteiger partial charge on any atom is 0.408 e. The largest absolute Gasteiger partial charge is 0.444 e. The van der Waals surface area contributed by atoms with Gasteiger partial charge in [0.25, 0.3) is 0 Å². The Hall–Kier alpha value is -3.09. The summed E-state index contributed by atoms with van der Waals surface area (Å²) in [4.78, 5) is 37.4. The number of hydrogen-bond donors (Lipinski definition) is 3. The second-order valence-electron chi connectivity index (χ2n) is 9.65. The molecule has 0 bridgehead atoms. The van der Waals surface area contributed by atoms with Crippen molar-refractivity contribution in [2.24, 2.45) is 0 Å². The van der Waals surface area contributed by atoms with Gasteiger partial charge >= 0.3 is 6.09 Å². The zero-order valence-electron chi connectivity index (χ0n) is 18.8. The minimum Gasteiger partial charge on any atom is -0.444 e. The summed E-state index contributed by atoms with van der Waals surface area (Å²) >= 11 is 0. The van der Waals surface area contributed by atoms with Gasteiger partial charge in [0.15, 0.2) is 0 Å². The van der Waals surface area contributed by atoms with Crippen molar-refractivity contribution in [3.8, 4) is 0 Å². The van der Waals surface area contributed by atoms with Gasteiger partial charge in [-0.15, -0.1) is 0 Å². The Bertz CT molecular complexity index is 1010. The zero-order valence-corrected chi connectivity index (χ0v) is 18.8. The molecule has 2 aromatic rings. The third-order valence-electron chi connectivity index (χ3n) is 5.08. The highest BCUT2D eigenvalue weighted by Crippen LogP contribution is 2.30. The fraction of sp³-hybridized carbons (Fsp3) is 0.458. The number of carbonyl (C=O) groups is 3. The molecule has 0 aliphatic carbocycles.